The zero-order valence-electron chi connectivity index (χ0n) is 7.12. The first kappa shape index (κ1) is 10.9. The highest BCUT2D eigenvalue weighted by Crippen LogP contribution is 1.94. The molecule has 5 heteroatoms. The molecule has 0 aromatic carbocycles. The molecule has 0 aliphatic rings. The Hall–Kier alpha value is -1.10. The number of carboxylic acid groups (broad SMARTS) is 1. The van der Waals surface area contributed by atoms with Crippen LogP contribution in [0.1, 0.15) is 12.8 Å². The number of hydrogen-bond acceptors (Lipinski definition) is 3. The number of likely N-dealkylation sites (N-methyl/N-ethyl adjacent to an activating group) is 1. The molecule has 5 nitrogen and oxygen atoms in total. The number of amides is 1. The molecule has 70 valence electrons. The van der Waals surface area contributed by atoms with Gasteiger partial charge in [-0.3, -0.25) is 9.59 Å². The van der Waals surface area contributed by atoms with Gasteiger partial charge >= 0.3 is 5.97 Å². The molecule has 0 bridgehead atoms. The summed E-state index contributed by atoms with van der Waals surface area (Å²) < 4.78 is 0. The van der Waals surface area contributed by atoms with Gasteiger partial charge in [-0.25, -0.2) is 0 Å². The molecular formula is C7H14N2O3. The standard InChI is InChI=1S/C7H14N2O3/c1-9(5-4-8)6(10)2-3-7(11)12/h2-5,8H2,1H3,(H,11,12). The van der Waals surface area contributed by atoms with Crippen molar-refractivity contribution in [3.63, 3.8) is 0 Å². The van der Waals surface area contributed by atoms with Crippen molar-refractivity contribution in [3.8, 4) is 0 Å². The molecule has 3 N–H and O–H groups in total. The Morgan fingerprint density at radius 3 is 2.42 bits per heavy atom. The van der Waals surface area contributed by atoms with Gasteiger partial charge in [0.2, 0.25) is 5.91 Å². The van der Waals surface area contributed by atoms with Crippen molar-refractivity contribution in [2.75, 3.05) is 20.1 Å². The van der Waals surface area contributed by atoms with Crippen LogP contribution in [0.15, 0.2) is 0 Å². The summed E-state index contributed by atoms with van der Waals surface area (Å²) in [5.74, 6) is -1.13. The van der Waals surface area contributed by atoms with E-state index in [0.717, 1.165) is 0 Å². The summed E-state index contributed by atoms with van der Waals surface area (Å²) in [5.41, 5.74) is 5.21. The van der Waals surface area contributed by atoms with E-state index in [9.17, 15) is 9.59 Å². The van der Waals surface area contributed by atoms with Crippen molar-refractivity contribution in [2.24, 2.45) is 5.73 Å². The Bertz CT molecular complexity index is 170. The van der Waals surface area contributed by atoms with Crippen molar-refractivity contribution in [2.45, 2.75) is 12.8 Å². The van der Waals surface area contributed by atoms with Gasteiger partial charge in [0.15, 0.2) is 0 Å². The second kappa shape index (κ2) is 5.54. The van der Waals surface area contributed by atoms with Crippen molar-refractivity contribution in [3.05, 3.63) is 0 Å². The van der Waals surface area contributed by atoms with E-state index in [0.29, 0.717) is 13.1 Å². The van der Waals surface area contributed by atoms with E-state index in [1.807, 2.05) is 0 Å². The van der Waals surface area contributed by atoms with E-state index in [-0.39, 0.29) is 18.7 Å². The maximum Gasteiger partial charge on any atom is 0.303 e. The summed E-state index contributed by atoms with van der Waals surface area (Å²) in [6, 6.07) is 0. The number of nitrogens with two attached hydrogens (primary N) is 1. The third kappa shape index (κ3) is 4.68. The van der Waals surface area contributed by atoms with Crippen LogP contribution in [0.25, 0.3) is 0 Å². The summed E-state index contributed by atoms with van der Waals surface area (Å²) in [7, 11) is 1.61. The maximum absolute atomic E-state index is 11.0. The molecule has 1 amide bonds. The highest BCUT2D eigenvalue weighted by molar-refractivity contribution is 5.80. The minimum absolute atomic E-state index is 0.0475. The number of rotatable bonds is 5. The fourth-order valence-corrected chi connectivity index (χ4v) is 0.723. The fourth-order valence-electron chi connectivity index (χ4n) is 0.723. The molecule has 0 spiro atoms. The van der Waals surface area contributed by atoms with Gasteiger partial charge in [0.1, 0.15) is 0 Å². The van der Waals surface area contributed by atoms with Crippen LogP contribution in [0, 0.1) is 0 Å². The molecule has 0 heterocycles. The largest absolute Gasteiger partial charge is 0.481 e. The first-order valence-corrected chi connectivity index (χ1v) is 3.73. The van der Waals surface area contributed by atoms with Gasteiger partial charge in [-0.15, -0.1) is 0 Å². The van der Waals surface area contributed by atoms with Crippen molar-refractivity contribution in [1.29, 1.82) is 0 Å². The van der Waals surface area contributed by atoms with Gasteiger partial charge in [0.05, 0.1) is 6.42 Å². The highest BCUT2D eigenvalue weighted by Gasteiger charge is 2.09. The van der Waals surface area contributed by atoms with Gasteiger partial charge in [0, 0.05) is 26.6 Å². The topological polar surface area (TPSA) is 83.6 Å². The van der Waals surface area contributed by atoms with E-state index < -0.39 is 5.97 Å². The molecule has 0 aliphatic carbocycles. The first-order valence-electron chi connectivity index (χ1n) is 3.73. The van der Waals surface area contributed by atoms with E-state index >= 15 is 0 Å². The van der Waals surface area contributed by atoms with Crippen molar-refractivity contribution in [1.82, 2.24) is 4.90 Å². The zero-order chi connectivity index (χ0) is 9.56. The van der Waals surface area contributed by atoms with Crippen molar-refractivity contribution >= 4 is 11.9 Å². The van der Waals surface area contributed by atoms with Crippen LogP contribution in [-0.4, -0.2) is 42.0 Å². The SMILES string of the molecule is CN(CCN)C(=O)CCC(=O)O. The lowest BCUT2D eigenvalue weighted by atomic mass is 10.3. The number of hydrogen-bond donors (Lipinski definition) is 2. The van der Waals surface area contributed by atoms with Crippen LogP contribution in [0.4, 0.5) is 0 Å². The fraction of sp³-hybridized carbons (Fsp3) is 0.714. The molecule has 0 rings (SSSR count). The molecule has 0 aromatic heterocycles. The number of carbonyl (C=O) groups excluding carboxylic acids is 1. The monoisotopic (exact) mass is 174 g/mol. The smallest absolute Gasteiger partial charge is 0.303 e. The van der Waals surface area contributed by atoms with Crippen LogP contribution in [0.3, 0.4) is 0 Å². The lowest BCUT2D eigenvalue weighted by Crippen LogP contribution is -2.31. The molecule has 0 saturated heterocycles. The van der Waals surface area contributed by atoms with Crippen LogP contribution in [-0.2, 0) is 9.59 Å². The third-order valence-corrected chi connectivity index (χ3v) is 1.44. The second-order valence-corrected chi connectivity index (χ2v) is 2.50. The average molecular weight is 174 g/mol. The average Bonchev–Trinajstić information content (AvgIpc) is 2.00. The Balaban J connectivity index is 3.64. The van der Waals surface area contributed by atoms with E-state index in [4.69, 9.17) is 10.8 Å². The third-order valence-electron chi connectivity index (χ3n) is 1.44. The van der Waals surface area contributed by atoms with E-state index in [1.54, 1.807) is 7.05 Å². The number of carboxylic acids is 1. The molecule has 0 radical (unpaired) electrons. The molecule has 0 fully saturated rings. The van der Waals surface area contributed by atoms with Gasteiger partial charge < -0.3 is 15.7 Å². The minimum Gasteiger partial charge on any atom is -0.481 e. The van der Waals surface area contributed by atoms with Crippen LogP contribution < -0.4 is 5.73 Å². The Kier molecular flexibility index (Phi) is 5.03. The molecule has 12 heavy (non-hydrogen) atoms. The predicted octanol–water partition coefficient (Wildman–Crippen LogP) is -0.732. The quantitative estimate of drug-likeness (QED) is 0.575. The minimum atomic E-state index is -0.954. The van der Waals surface area contributed by atoms with Gasteiger partial charge in [0.25, 0.3) is 0 Å². The van der Waals surface area contributed by atoms with Crippen LogP contribution in [0.2, 0.25) is 0 Å². The summed E-state index contributed by atoms with van der Waals surface area (Å²) in [4.78, 5) is 22.6. The normalized spacial score (nSPS) is 9.50. The first-order chi connectivity index (χ1) is 5.57. The summed E-state index contributed by atoms with van der Waals surface area (Å²) >= 11 is 0. The van der Waals surface area contributed by atoms with Gasteiger partial charge in [-0.05, 0) is 0 Å². The molecule has 0 aliphatic heterocycles. The number of aliphatic carboxylic acids is 1. The zero-order valence-corrected chi connectivity index (χ0v) is 7.12. The van der Waals surface area contributed by atoms with Gasteiger partial charge in [-0.1, -0.05) is 0 Å². The van der Waals surface area contributed by atoms with Crippen LogP contribution >= 0.6 is 0 Å². The Morgan fingerprint density at radius 1 is 1.42 bits per heavy atom. The Labute approximate surface area is 71.1 Å². The predicted molar refractivity (Wildman–Crippen MR) is 43.6 cm³/mol. The van der Waals surface area contributed by atoms with Gasteiger partial charge in [-0.2, -0.15) is 0 Å². The summed E-state index contributed by atoms with van der Waals surface area (Å²) in [6.07, 6.45) is -0.0699. The summed E-state index contributed by atoms with van der Waals surface area (Å²) in [6.45, 7) is 0.869. The molecule has 0 saturated carbocycles. The van der Waals surface area contributed by atoms with Crippen molar-refractivity contribution < 1.29 is 14.7 Å². The molecule has 0 unspecified atom stereocenters. The lowest BCUT2D eigenvalue weighted by molar-refractivity contribution is -0.140. The Morgan fingerprint density at radius 2 is 2.00 bits per heavy atom. The maximum atomic E-state index is 11.0. The number of carbonyl (C=O) groups is 2. The second-order valence-electron chi connectivity index (χ2n) is 2.50. The molecule has 0 aromatic rings. The van der Waals surface area contributed by atoms with E-state index in [2.05, 4.69) is 0 Å². The molecular weight excluding hydrogens is 160 g/mol. The summed E-state index contributed by atoms with van der Waals surface area (Å²) in [5, 5.41) is 8.28. The highest BCUT2D eigenvalue weighted by atomic mass is 16.4. The number of nitrogens with zero attached hydrogens (tertiary/aromatic N) is 1. The molecule has 0 atom stereocenters. The van der Waals surface area contributed by atoms with E-state index in [1.165, 1.54) is 4.90 Å². The lowest BCUT2D eigenvalue weighted by Gasteiger charge is -2.14. The van der Waals surface area contributed by atoms with Crippen LogP contribution in [0.5, 0.6) is 0 Å².